The molecule has 1 saturated heterocycles. The molecule has 148 valence electrons. The Bertz CT molecular complexity index is 1090. The number of hydrogen-bond acceptors (Lipinski definition) is 2. The lowest BCUT2D eigenvalue weighted by atomic mass is 10.0. The van der Waals surface area contributed by atoms with Crippen molar-refractivity contribution in [3.63, 3.8) is 0 Å². The molecule has 1 aliphatic rings. The molecule has 0 bridgehead atoms. The highest BCUT2D eigenvalue weighted by Crippen LogP contribution is 2.31. The second-order valence-corrected chi connectivity index (χ2v) is 7.52. The average Bonchev–Trinajstić information content (AvgIpc) is 3.36. The number of nitrogens with zero attached hydrogens (tertiary/aromatic N) is 2. The van der Waals surface area contributed by atoms with E-state index in [1.165, 1.54) is 0 Å². The maximum absolute atomic E-state index is 12.8. The predicted octanol–water partition coefficient (Wildman–Crippen LogP) is 4.70. The molecule has 0 unspecified atom stereocenters. The van der Waals surface area contributed by atoms with Crippen molar-refractivity contribution < 1.29 is 14.7 Å². The van der Waals surface area contributed by atoms with E-state index in [0.717, 1.165) is 48.4 Å². The van der Waals surface area contributed by atoms with E-state index in [2.05, 4.69) is 0 Å². The Morgan fingerprint density at radius 1 is 0.931 bits per heavy atom. The van der Waals surface area contributed by atoms with Crippen molar-refractivity contribution in [1.29, 1.82) is 0 Å². The van der Waals surface area contributed by atoms with Gasteiger partial charge in [0, 0.05) is 35.6 Å². The fourth-order valence-electron chi connectivity index (χ4n) is 4.19. The molecule has 29 heavy (non-hydrogen) atoms. The largest absolute Gasteiger partial charge is 0.478 e. The number of aromatic carboxylic acids is 1. The number of likely N-dealkylation sites (tertiary alicyclic amines) is 1. The van der Waals surface area contributed by atoms with Gasteiger partial charge in [0.25, 0.3) is 5.91 Å². The summed E-state index contributed by atoms with van der Waals surface area (Å²) in [5.41, 5.74) is 5.34. The molecule has 1 amide bonds. The smallest absolute Gasteiger partial charge is 0.337 e. The van der Waals surface area contributed by atoms with Crippen molar-refractivity contribution >= 4 is 11.9 Å². The monoisotopic (exact) mass is 388 g/mol. The Labute approximate surface area is 170 Å². The van der Waals surface area contributed by atoms with Crippen LogP contribution in [0.25, 0.3) is 16.8 Å². The van der Waals surface area contributed by atoms with E-state index in [1.807, 2.05) is 71.8 Å². The first-order valence-electron chi connectivity index (χ1n) is 9.88. The average molecular weight is 388 g/mol. The van der Waals surface area contributed by atoms with Gasteiger partial charge in [0.1, 0.15) is 0 Å². The second-order valence-electron chi connectivity index (χ2n) is 7.52. The highest BCUT2D eigenvalue weighted by Gasteiger charge is 2.21. The maximum Gasteiger partial charge on any atom is 0.337 e. The van der Waals surface area contributed by atoms with Gasteiger partial charge in [0.15, 0.2) is 0 Å². The number of amides is 1. The highest BCUT2D eigenvalue weighted by molar-refractivity contribution is 5.96. The van der Waals surface area contributed by atoms with Crippen molar-refractivity contribution in [2.45, 2.75) is 26.7 Å². The number of benzene rings is 2. The summed E-state index contributed by atoms with van der Waals surface area (Å²) in [5, 5.41) is 9.48. The molecule has 1 aromatic heterocycles. The molecule has 1 fully saturated rings. The van der Waals surface area contributed by atoms with E-state index in [4.69, 9.17) is 0 Å². The van der Waals surface area contributed by atoms with Gasteiger partial charge < -0.3 is 14.6 Å². The van der Waals surface area contributed by atoms with Gasteiger partial charge in [-0.25, -0.2) is 4.79 Å². The summed E-state index contributed by atoms with van der Waals surface area (Å²) >= 11 is 0. The Hall–Kier alpha value is -3.34. The molecule has 5 heteroatoms. The molecule has 3 aromatic rings. The zero-order chi connectivity index (χ0) is 20.5. The van der Waals surface area contributed by atoms with Gasteiger partial charge in [-0.3, -0.25) is 4.79 Å². The normalized spacial score (nSPS) is 13.7. The van der Waals surface area contributed by atoms with Gasteiger partial charge in [-0.05, 0) is 56.5 Å². The second kappa shape index (κ2) is 7.59. The molecule has 0 radical (unpaired) electrons. The third-order valence-corrected chi connectivity index (χ3v) is 5.62. The molecule has 2 heterocycles. The number of carbonyl (C=O) groups is 2. The summed E-state index contributed by atoms with van der Waals surface area (Å²) in [6.45, 7) is 5.36. The summed E-state index contributed by atoms with van der Waals surface area (Å²) in [7, 11) is 0. The van der Waals surface area contributed by atoms with Crippen LogP contribution in [0, 0.1) is 13.8 Å². The van der Waals surface area contributed by atoms with Gasteiger partial charge in [0.2, 0.25) is 0 Å². The first-order chi connectivity index (χ1) is 14.0. The summed E-state index contributed by atoms with van der Waals surface area (Å²) in [5.74, 6) is -0.858. The van der Waals surface area contributed by atoms with Crippen LogP contribution in [-0.2, 0) is 0 Å². The Kier molecular flexibility index (Phi) is 4.97. The van der Waals surface area contributed by atoms with Crippen molar-refractivity contribution in [2.75, 3.05) is 13.1 Å². The zero-order valence-electron chi connectivity index (χ0n) is 16.7. The number of aryl methyl sites for hydroxylation is 1. The van der Waals surface area contributed by atoms with Crippen LogP contribution in [0.15, 0.2) is 54.6 Å². The molecule has 0 atom stereocenters. The number of carboxylic acid groups (broad SMARTS) is 1. The van der Waals surface area contributed by atoms with Crippen molar-refractivity contribution in [1.82, 2.24) is 9.47 Å². The van der Waals surface area contributed by atoms with Gasteiger partial charge in [-0.1, -0.05) is 30.3 Å². The van der Waals surface area contributed by atoms with Crippen LogP contribution < -0.4 is 0 Å². The number of carbonyl (C=O) groups excluding carboxylic acids is 1. The van der Waals surface area contributed by atoms with Crippen LogP contribution >= 0.6 is 0 Å². The highest BCUT2D eigenvalue weighted by atomic mass is 16.4. The minimum atomic E-state index is -0.931. The van der Waals surface area contributed by atoms with Crippen LogP contribution in [0.3, 0.4) is 0 Å². The summed E-state index contributed by atoms with van der Waals surface area (Å²) in [4.78, 5) is 26.3. The summed E-state index contributed by atoms with van der Waals surface area (Å²) < 4.78 is 1.97. The number of carboxylic acids is 1. The molecular weight excluding hydrogens is 364 g/mol. The van der Waals surface area contributed by atoms with Crippen molar-refractivity contribution in [3.8, 4) is 16.8 Å². The van der Waals surface area contributed by atoms with E-state index in [9.17, 15) is 14.7 Å². The summed E-state index contributed by atoms with van der Waals surface area (Å²) in [6, 6.07) is 17.3. The van der Waals surface area contributed by atoms with Crippen molar-refractivity contribution in [3.05, 3.63) is 77.1 Å². The fraction of sp³-hybridized carbons (Fsp3) is 0.250. The fourth-order valence-corrected chi connectivity index (χ4v) is 4.19. The Balaban J connectivity index is 1.80. The topological polar surface area (TPSA) is 62.5 Å². The third kappa shape index (κ3) is 3.44. The lowest BCUT2D eigenvalue weighted by molar-refractivity contribution is 0.0695. The van der Waals surface area contributed by atoms with Gasteiger partial charge in [0.05, 0.1) is 11.3 Å². The Morgan fingerprint density at radius 3 is 2.34 bits per heavy atom. The zero-order valence-corrected chi connectivity index (χ0v) is 16.7. The molecule has 0 spiro atoms. The van der Waals surface area contributed by atoms with Crippen LogP contribution in [0.5, 0.6) is 0 Å². The Morgan fingerprint density at radius 2 is 1.66 bits per heavy atom. The van der Waals surface area contributed by atoms with Gasteiger partial charge in [-0.2, -0.15) is 0 Å². The first kappa shape index (κ1) is 19.0. The molecule has 1 N–H and O–H groups in total. The molecule has 4 rings (SSSR count). The number of rotatable bonds is 4. The van der Waals surface area contributed by atoms with Gasteiger partial charge in [-0.15, -0.1) is 0 Å². The minimum absolute atomic E-state index is 0.0725. The molecule has 1 aliphatic heterocycles. The molecule has 2 aromatic carbocycles. The lowest BCUT2D eigenvalue weighted by Crippen LogP contribution is -2.27. The van der Waals surface area contributed by atoms with E-state index in [-0.39, 0.29) is 5.91 Å². The van der Waals surface area contributed by atoms with E-state index in [1.54, 1.807) is 6.07 Å². The van der Waals surface area contributed by atoms with Crippen LogP contribution in [-0.4, -0.2) is 39.5 Å². The predicted molar refractivity (Wildman–Crippen MR) is 113 cm³/mol. The van der Waals surface area contributed by atoms with Crippen LogP contribution in [0.1, 0.15) is 44.9 Å². The maximum atomic E-state index is 12.8. The van der Waals surface area contributed by atoms with Gasteiger partial charge >= 0.3 is 5.97 Å². The van der Waals surface area contributed by atoms with E-state index < -0.39 is 5.97 Å². The number of para-hydroxylation sites is 1. The molecule has 0 aliphatic carbocycles. The van der Waals surface area contributed by atoms with Crippen LogP contribution in [0.4, 0.5) is 0 Å². The molecule has 5 nitrogen and oxygen atoms in total. The lowest BCUT2D eigenvalue weighted by Gasteiger charge is -2.18. The standard InChI is InChI=1S/C24H24N2O3/c1-16-14-21(24(28)29)17(2)26(16)22-11-4-3-10-20(22)18-8-7-9-19(15-18)23(27)25-12-5-6-13-25/h3-4,7-11,14-15H,5-6,12-13H2,1-2H3,(H,28,29). The van der Waals surface area contributed by atoms with Crippen LogP contribution in [0.2, 0.25) is 0 Å². The first-order valence-corrected chi connectivity index (χ1v) is 9.88. The molecule has 0 saturated carbocycles. The number of hydrogen-bond donors (Lipinski definition) is 1. The SMILES string of the molecule is Cc1cc(C(=O)O)c(C)n1-c1ccccc1-c1cccc(C(=O)N2CCCC2)c1. The quantitative estimate of drug-likeness (QED) is 0.705. The minimum Gasteiger partial charge on any atom is -0.478 e. The van der Waals surface area contributed by atoms with E-state index >= 15 is 0 Å². The third-order valence-electron chi connectivity index (χ3n) is 5.62. The summed E-state index contributed by atoms with van der Waals surface area (Å²) in [6.07, 6.45) is 2.12. The molecular formula is C24H24N2O3. The van der Waals surface area contributed by atoms with Crippen molar-refractivity contribution in [2.24, 2.45) is 0 Å². The number of aromatic nitrogens is 1. The van der Waals surface area contributed by atoms with E-state index in [0.29, 0.717) is 16.8 Å².